The second-order valence-corrected chi connectivity index (χ2v) is 3.91. The van der Waals surface area contributed by atoms with Gasteiger partial charge < -0.3 is 4.74 Å². The number of ether oxygens (including phenoxy) is 1. The third kappa shape index (κ3) is 2.63. The lowest BCUT2D eigenvalue weighted by Gasteiger charge is -2.05. The molecule has 0 bridgehead atoms. The van der Waals surface area contributed by atoms with E-state index >= 15 is 0 Å². The zero-order valence-electron chi connectivity index (χ0n) is 10.3. The summed E-state index contributed by atoms with van der Waals surface area (Å²) in [5, 5.41) is 0. The summed E-state index contributed by atoms with van der Waals surface area (Å²) in [7, 11) is 1.22. The maximum Gasteiger partial charge on any atom is 0.340 e. The molecule has 0 aliphatic carbocycles. The predicted octanol–water partition coefficient (Wildman–Crippen LogP) is 3.26. The zero-order chi connectivity index (χ0) is 13.8. The highest BCUT2D eigenvalue weighted by Crippen LogP contribution is 2.22. The Kier molecular flexibility index (Phi) is 3.63. The van der Waals surface area contributed by atoms with Crippen LogP contribution in [0.25, 0.3) is 11.1 Å². The van der Waals surface area contributed by atoms with Crippen molar-refractivity contribution in [3.63, 3.8) is 0 Å². The van der Waals surface area contributed by atoms with Crippen LogP contribution in [-0.2, 0) is 4.74 Å². The molecule has 3 heteroatoms. The van der Waals surface area contributed by atoms with Crippen molar-refractivity contribution in [1.29, 1.82) is 0 Å². The van der Waals surface area contributed by atoms with Crippen LogP contribution in [0.15, 0.2) is 42.5 Å². The van der Waals surface area contributed by atoms with Gasteiger partial charge in [-0.1, -0.05) is 24.1 Å². The van der Waals surface area contributed by atoms with Gasteiger partial charge in [-0.15, -0.1) is 6.42 Å². The van der Waals surface area contributed by atoms with Crippen molar-refractivity contribution in [2.75, 3.05) is 7.11 Å². The van der Waals surface area contributed by atoms with Crippen LogP contribution >= 0.6 is 0 Å². The fourth-order valence-electron chi connectivity index (χ4n) is 1.73. The molecule has 2 aromatic rings. The Morgan fingerprint density at radius 2 is 1.79 bits per heavy atom. The smallest absolute Gasteiger partial charge is 0.340 e. The summed E-state index contributed by atoms with van der Waals surface area (Å²) in [6.45, 7) is 0. The average Bonchev–Trinajstić information content (AvgIpc) is 2.46. The number of rotatable bonds is 2. The molecule has 0 spiro atoms. The van der Waals surface area contributed by atoms with Gasteiger partial charge in [0.05, 0.1) is 12.7 Å². The monoisotopic (exact) mass is 254 g/mol. The molecule has 0 N–H and O–H groups in total. The van der Waals surface area contributed by atoms with Gasteiger partial charge in [0, 0.05) is 5.56 Å². The van der Waals surface area contributed by atoms with Crippen molar-refractivity contribution in [3.05, 3.63) is 59.4 Å². The fraction of sp³-hybridized carbons (Fsp3) is 0.0625. The van der Waals surface area contributed by atoms with E-state index < -0.39 is 11.8 Å². The molecule has 0 saturated heterocycles. The Balaban J connectivity index is 2.39. The first-order valence-electron chi connectivity index (χ1n) is 5.60. The summed E-state index contributed by atoms with van der Waals surface area (Å²) in [6, 6.07) is 11.6. The third-order valence-corrected chi connectivity index (χ3v) is 2.76. The van der Waals surface area contributed by atoms with Gasteiger partial charge in [0.1, 0.15) is 5.82 Å². The van der Waals surface area contributed by atoms with Crippen molar-refractivity contribution in [3.8, 4) is 23.5 Å². The van der Waals surface area contributed by atoms with Crippen LogP contribution in [0.5, 0.6) is 0 Å². The van der Waals surface area contributed by atoms with Crippen molar-refractivity contribution in [2.45, 2.75) is 0 Å². The number of carbonyl (C=O) groups excluding carboxylic acids is 1. The molecule has 0 unspecified atom stereocenters. The third-order valence-electron chi connectivity index (χ3n) is 2.76. The standard InChI is InChI=1S/C16H11FO2/c1-3-11-4-6-12(7-5-11)13-8-9-14(15(17)10-13)16(18)19-2/h1,4-10H,2H3. The molecular weight excluding hydrogens is 243 g/mol. The van der Waals surface area contributed by atoms with E-state index in [0.717, 1.165) is 11.1 Å². The van der Waals surface area contributed by atoms with Crippen molar-refractivity contribution in [2.24, 2.45) is 0 Å². The summed E-state index contributed by atoms with van der Waals surface area (Å²) >= 11 is 0. The summed E-state index contributed by atoms with van der Waals surface area (Å²) in [5.41, 5.74) is 2.19. The lowest BCUT2D eigenvalue weighted by molar-refractivity contribution is 0.0595. The average molecular weight is 254 g/mol. The number of methoxy groups -OCH3 is 1. The maximum atomic E-state index is 13.8. The van der Waals surface area contributed by atoms with Gasteiger partial charge in [-0.2, -0.15) is 0 Å². The van der Waals surface area contributed by atoms with Crippen LogP contribution in [0, 0.1) is 18.2 Å². The number of hydrogen-bond donors (Lipinski definition) is 0. The van der Waals surface area contributed by atoms with Gasteiger partial charge in [0.2, 0.25) is 0 Å². The summed E-state index contributed by atoms with van der Waals surface area (Å²) in [6.07, 6.45) is 5.27. The van der Waals surface area contributed by atoms with E-state index in [1.165, 1.54) is 19.2 Å². The van der Waals surface area contributed by atoms with Crippen LogP contribution in [-0.4, -0.2) is 13.1 Å². The number of halogens is 1. The maximum absolute atomic E-state index is 13.8. The van der Waals surface area contributed by atoms with Gasteiger partial charge in [-0.3, -0.25) is 0 Å². The molecule has 2 aromatic carbocycles. The fourth-order valence-corrected chi connectivity index (χ4v) is 1.73. The summed E-state index contributed by atoms with van der Waals surface area (Å²) in [5.74, 6) is 1.22. The SMILES string of the molecule is C#Cc1ccc(-c2ccc(C(=O)OC)c(F)c2)cc1. The van der Waals surface area contributed by atoms with E-state index in [2.05, 4.69) is 10.7 Å². The molecule has 0 aromatic heterocycles. The molecule has 19 heavy (non-hydrogen) atoms. The minimum atomic E-state index is -0.688. The second kappa shape index (κ2) is 5.36. The van der Waals surface area contributed by atoms with Crippen LogP contribution < -0.4 is 0 Å². The van der Waals surface area contributed by atoms with Crippen molar-refractivity contribution >= 4 is 5.97 Å². The molecule has 0 atom stereocenters. The predicted molar refractivity (Wildman–Crippen MR) is 71.1 cm³/mol. The van der Waals surface area contributed by atoms with E-state index in [-0.39, 0.29) is 5.56 Å². The van der Waals surface area contributed by atoms with Crippen LogP contribution in [0.2, 0.25) is 0 Å². The van der Waals surface area contributed by atoms with Gasteiger partial charge in [0.15, 0.2) is 0 Å². The molecule has 2 rings (SSSR count). The molecule has 0 amide bonds. The number of esters is 1. The van der Waals surface area contributed by atoms with Gasteiger partial charge >= 0.3 is 5.97 Å². The second-order valence-electron chi connectivity index (χ2n) is 3.91. The highest BCUT2D eigenvalue weighted by molar-refractivity contribution is 5.90. The summed E-state index contributed by atoms with van der Waals surface area (Å²) in [4.78, 5) is 11.3. The Labute approximate surface area is 110 Å². The molecule has 0 heterocycles. The number of carbonyl (C=O) groups is 1. The van der Waals surface area contributed by atoms with Crippen LogP contribution in [0.4, 0.5) is 4.39 Å². The molecule has 0 radical (unpaired) electrons. The highest BCUT2D eigenvalue weighted by Gasteiger charge is 2.12. The van der Waals surface area contributed by atoms with Crippen LogP contribution in [0.1, 0.15) is 15.9 Å². The number of benzene rings is 2. The van der Waals surface area contributed by atoms with E-state index in [9.17, 15) is 9.18 Å². The first kappa shape index (κ1) is 12.8. The molecule has 0 aliphatic heterocycles. The first-order chi connectivity index (χ1) is 9.15. The van der Waals surface area contributed by atoms with E-state index in [1.807, 2.05) is 12.1 Å². The molecular formula is C16H11FO2. The lowest BCUT2D eigenvalue weighted by Crippen LogP contribution is -2.04. The quantitative estimate of drug-likeness (QED) is 0.607. The summed E-state index contributed by atoms with van der Waals surface area (Å²) < 4.78 is 18.3. The van der Waals surface area contributed by atoms with Crippen LogP contribution in [0.3, 0.4) is 0 Å². The number of terminal acetylenes is 1. The topological polar surface area (TPSA) is 26.3 Å². The van der Waals surface area contributed by atoms with E-state index in [1.54, 1.807) is 18.2 Å². The van der Waals surface area contributed by atoms with Gasteiger partial charge in [0.25, 0.3) is 0 Å². The van der Waals surface area contributed by atoms with Crippen molar-refractivity contribution < 1.29 is 13.9 Å². The van der Waals surface area contributed by atoms with E-state index in [4.69, 9.17) is 6.42 Å². The lowest BCUT2D eigenvalue weighted by atomic mass is 10.0. The largest absolute Gasteiger partial charge is 0.465 e. The van der Waals surface area contributed by atoms with Gasteiger partial charge in [-0.05, 0) is 35.4 Å². The molecule has 0 aliphatic rings. The Morgan fingerprint density at radius 1 is 1.16 bits per heavy atom. The minimum absolute atomic E-state index is 0.0773. The zero-order valence-corrected chi connectivity index (χ0v) is 10.3. The van der Waals surface area contributed by atoms with E-state index in [0.29, 0.717) is 5.56 Å². The van der Waals surface area contributed by atoms with Gasteiger partial charge in [-0.25, -0.2) is 9.18 Å². The Hall–Kier alpha value is -2.60. The first-order valence-corrected chi connectivity index (χ1v) is 5.60. The molecule has 0 fully saturated rings. The van der Waals surface area contributed by atoms with Crippen molar-refractivity contribution in [1.82, 2.24) is 0 Å². The molecule has 0 saturated carbocycles. The molecule has 2 nitrogen and oxygen atoms in total. The highest BCUT2D eigenvalue weighted by atomic mass is 19.1. The Morgan fingerprint density at radius 3 is 2.32 bits per heavy atom. The Bertz CT molecular complexity index is 651. The normalized spacial score (nSPS) is 9.74. The minimum Gasteiger partial charge on any atom is -0.465 e. The number of hydrogen-bond acceptors (Lipinski definition) is 2. The molecule has 94 valence electrons.